The van der Waals surface area contributed by atoms with E-state index in [9.17, 15) is 39.3 Å². The normalized spacial score (nSPS) is 30.4. The van der Waals surface area contributed by atoms with Gasteiger partial charge in [-0.3, -0.25) is 9.59 Å². The zero-order valence-corrected chi connectivity index (χ0v) is 40.1. The first kappa shape index (κ1) is 52.1. The molecule has 1 aliphatic heterocycles. The molecule has 4 N–H and O–H groups in total. The maximum atomic E-state index is 15.2. The summed E-state index contributed by atoms with van der Waals surface area (Å²) >= 11 is 0. The van der Waals surface area contributed by atoms with Crippen LogP contribution in [0.5, 0.6) is 0 Å². The summed E-state index contributed by atoms with van der Waals surface area (Å²) in [7, 11) is 0. The van der Waals surface area contributed by atoms with E-state index in [-0.39, 0.29) is 43.0 Å². The zero-order valence-electron chi connectivity index (χ0n) is 40.1. The third kappa shape index (κ3) is 10.1. The number of carbonyl (C=O) groups is 6. The molecule has 68 heavy (non-hydrogen) atoms. The highest BCUT2D eigenvalue weighted by atomic mass is 16.6. The maximum absolute atomic E-state index is 15.2. The predicted octanol–water partition coefficient (Wildman–Crippen LogP) is 4.25. The molecule has 11 atom stereocenters. The van der Waals surface area contributed by atoms with Gasteiger partial charge in [0.2, 0.25) is 6.10 Å². The Balaban J connectivity index is 1.48. The summed E-state index contributed by atoms with van der Waals surface area (Å²) < 4.78 is 46.8. The quantitative estimate of drug-likeness (QED) is 0.0795. The van der Waals surface area contributed by atoms with E-state index in [0.29, 0.717) is 12.2 Å². The Morgan fingerprint density at radius 1 is 0.912 bits per heavy atom. The van der Waals surface area contributed by atoms with E-state index in [1.165, 1.54) is 39.8 Å². The minimum Gasteiger partial charge on any atom is -0.455 e. The number of fused-ring (bicyclic) bond motifs is 5. The van der Waals surface area contributed by atoms with Crippen LogP contribution >= 0.6 is 0 Å². The third-order valence-electron chi connectivity index (χ3n) is 13.7. The van der Waals surface area contributed by atoms with Crippen LogP contribution in [0.15, 0.2) is 71.8 Å². The number of hydrogen-bond donors (Lipinski definition) is 4. The van der Waals surface area contributed by atoms with Gasteiger partial charge in [-0.25, -0.2) is 19.2 Å². The second-order valence-electron chi connectivity index (χ2n) is 19.7. The largest absolute Gasteiger partial charge is 0.455 e. The lowest BCUT2D eigenvalue weighted by Gasteiger charge is -2.67. The first-order valence-corrected chi connectivity index (χ1v) is 22.9. The van der Waals surface area contributed by atoms with Crippen molar-refractivity contribution in [3.05, 3.63) is 82.9 Å². The van der Waals surface area contributed by atoms with Crippen LogP contribution in [-0.2, 0) is 57.1 Å². The molecule has 372 valence electrons. The number of amides is 1. The van der Waals surface area contributed by atoms with Crippen molar-refractivity contribution in [1.82, 2.24) is 5.32 Å². The molecule has 0 unspecified atom stereocenters. The molecule has 1 amide bonds. The van der Waals surface area contributed by atoms with Gasteiger partial charge < -0.3 is 58.5 Å². The fraction of sp³-hybridized carbons (Fsp3) is 0.600. The molecular weight excluding hydrogens is 887 g/mol. The smallest absolute Gasteiger partial charge is 0.408 e. The van der Waals surface area contributed by atoms with E-state index in [1.807, 2.05) is 6.92 Å². The second kappa shape index (κ2) is 20.4. The molecule has 2 saturated carbocycles. The number of hydrogen-bond acceptors (Lipinski definition) is 17. The SMILES string of the molecule is CCCOCCOCC(=O)O[C@@H](C(=O)O[C@H]1C[C@@]2(O)[C@@H](OC(=O)c3ccccc3)[C@@H]3[C@]4(OC(C)=O)CO[C@@H]4C[C@H](O)[C@@]3(C)C(=O)[C@H](O)C(=C1C)C2(C)C)[C@@H](NC(=O)OC(C)(C)C)c1ccccc1. The molecule has 4 aliphatic rings. The molecule has 3 fully saturated rings. The topological polar surface area (TPSA) is 249 Å². The summed E-state index contributed by atoms with van der Waals surface area (Å²) in [6, 6.07) is 14.5. The number of aliphatic hydroxyl groups is 3. The highest BCUT2D eigenvalue weighted by molar-refractivity contribution is 5.94. The summed E-state index contributed by atoms with van der Waals surface area (Å²) in [5.74, 6) is -6.51. The van der Waals surface area contributed by atoms with Crippen molar-refractivity contribution in [1.29, 1.82) is 0 Å². The average molecular weight is 952 g/mol. The first-order valence-electron chi connectivity index (χ1n) is 22.9. The number of esters is 4. The summed E-state index contributed by atoms with van der Waals surface area (Å²) in [4.78, 5) is 84.5. The highest BCUT2D eigenvalue weighted by Gasteiger charge is 2.78. The molecule has 18 nitrogen and oxygen atoms in total. The Labute approximate surface area is 395 Å². The highest BCUT2D eigenvalue weighted by Crippen LogP contribution is 2.64. The molecule has 0 spiro atoms. The van der Waals surface area contributed by atoms with Crippen molar-refractivity contribution >= 4 is 35.8 Å². The van der Waals surface area contributed by atoms with Gasteiger partial charge in [0.05, 0.1) is 42.8 Å². The van der Waals surface area contributed by atoms with Crippen LogP contribution in [0.1, 0.15) is 104 Å². The Morgan fingerprint density at radius 2 is 1.54 bits per heavy atom. The minimum atomic E-state index is -2.43. The van der Waals surface area contributed by atoms with Gasteiger partial charge in [-0.2, -0.15) is 0 Å². The predicted molar refractivity (Wildman–Crippen MR) is 239 cm³/mol. The van der Waals surface area contributed by atoms with Crippen LogP contribution in [0, 0.1) is 16.7 Å². The molecule has 2 aromatic carbocycles. The van der Waals surface area contributed by atoms with Crippen LogP contribution in [0.2, 0.25) is 0 Å². The van der Waals surface area contributed by atoms with E-state index in [1.54, 1.807) is 69.3 Å². The first-order chi connectivity index (χ1) is 31.9. The van der Waals surface area contributed by atoms with Crippen LogP contribution in [0.4, 0.5) is 4.79 Å². The van der Waals surface area contributed by atoms with Gasteiger partial charge in [-0.1, -0.05) is 69.3 Å². The lowest BCUT2D eigenvalue weighted by Crippen LogP contribution is -2.81. The van der Waals surface area contributed by atoms with Crippen LogP contribution in [-0.4, -0.2) is 138 Å². The fourth-order valence-corrected chi connectivity index (χ4v) is 10.4. The lowest BCUT2D eigenvalue weighted by molar-refractivity contribution is -0.346. The van der Waals surface area contributed by atoms with Crippen molar-refractivity contribution in [2.24, 2.45) is 16.7 Å². The second-order valence-corrected chi connectivity index (χ2v) is 19.7. The van der Waals surface area contributed by atoms with Gasteiger partial charge in [0.15, 0.2) is 11.4 Å². The van der Waals surface area contributed by atoms with Gasteiger partial charge in [-0.05, 0) is 69.9 Å². The number of benzene rings is 2. The van der Waals surface area contributed by atoms with Gasteiger partial charge in [0, 0.05) is 31.8 Å². The van der Waals surface area contributed by atoms with E-state index in [4.69, 9.17) is 37.9 Å². The molecule has 2 aromatic rings. The van der Waals surface area contributed by atoms with Gasteiger partial charge >= 0.3 is 30.0 Å². The molecule has 0 aromatic heterocycles. The van der Waals surface area contributed by atoms with Gasteiger partial charge in [0.25, 0.3) is 0 Å². The molecule has 3 aliphatic carbocycles. The van der Waals surface area contributed by atoms with Crippen molar-refractivity contribution in [3.8, 4) is 0 Å². The maximum Gasteiger partial charge on any atom is 0.408 e. The van der Waals surface area contributed by atoms with E-state index in [2.05, 4.69) is 5.32 Å². The third-order valence-corrected chi connectivity index (χ3v) is 13.7. The monoisotopic (exact) mass is 951 g/mol. The zero-order chi connectivity index (χ0) is 50.0. The molecule has 2 bridgehead atoms. The molecular formula is C50H65NO17. The number of ether oxygens (including phenoxy) is 8. The average Bonchev–Trinajstić information content (AvgIpc) is 3.27. The Hall–Kier alpha value is -5.24. The number of aliphatic hydroxyl groups excluding tert-OH is 2. The Morgan fingerprint density at radius 3 is 2.13 bits per heavy atom. The summed E-state index contributed by atoms with van der Waals surface area (Å²) in [5.41, 5.74) is -8.59. The number of rotatable bonds is 16. The van der Waals surface area contributed by atoms with Crippen LogP contribution in [0.25, 0.3) is 0 Å². The molecule has 6 rings (SSSR count). The van der Waals surface area contributed by atoms with E-state index < -0.39 is 125 Å². The number of Topliss-reactive ketones (excluding diaryl/α,β-unsaturated/α-hetero) is 1. The van der Waals surface area contributed by atoms with Crippen molar-refractivity contribution in [2.45, 2.75) is 141 Å². The van der Waals surface area contributed by atoms with Crippen LogP contribution in [0.3, 0.4) is 0 Å². The molecule has 18 heteroatoms. The number of ketones is 1. The lowest BCUT2D eigenvalue weighted by atomic mass is 9.44. The Kier molecular flexibility index (Phi) is 15.6. The Bertz CT molecular complexity index is 2220. The number of alkyl carbamates (subject to hydrolysis) is 1. The minimum absolute atomic E-state index is 0.0193. The van der Waals surface area contributed by atoms with Crippen LogP contribution < -0.4 is 5.32 Å². The molecule has 0 radical (unpaired) electrons. The van der Waals surface area contributed by atoms with Crippen molar-refractivity contribution in [3.63, 3.8) is 0 Å². The standard InChI is InChI=1S/C50H65NO17/c1-10-21-61-22-23-62-26-35(54)65-39(37(30-17-13-11-14-18-30)51-45(59)68-46(4,5)6)44(58)64-32-25-50(60)42(66-43(57)31-19-15-12-16-20-31)40-48(9,41(56)38(55)36(28(32)2)47(50,7)8)33(53)24-34-49(40,27-63-34)67-29(3)52/h11-20,32-34,37-40,42,53,55,60H,10,21-27H2,1-9H3,(H,51,59)/t32-,33-,34+,37-,38+,39+,40-,42-,48+,49-,50+/m0/s1. The number of carbonyl (C=O) groups excluding carboxylic acids is 6. The summed E-state index contributed by atoms with van der Waals surface area (Å²) in [5, 5.41) is 40.7. The van der Waals surface area contributed by atoms with Crippen molar-refractivity contribution < 1.29 is 82.0 Å². The summed E-state index contributed by atoms with van der Waals surface area (Å²) in [6.45, 7) is 13.7. The van der Waals surface area contributed by atoms with Gasteiger partial charge in [0.1, 0.15) is 48.3 Å². The van der Waals surface area contributed by atoms with E-state index >= 15 is 4.79 Å². The van der Waals surface area contributed by atoms with E-state index in [0.717, 1.165) is 13.3 Å². The molecule has 1 heterocycles. The van der Waals surface area contributed by atoms with Gasteiger partial charge in [-0.15, -0.1) is 0 Å². The fourth-order valence-electron chi connectivity index (χ4n) is 10.4. The number of nitrogens with one attached hydrogen (secondary N) is 1. The van der Waals surface area contributed by atoms with Crippen molar-refractivity contribution in [2.75, 3.05) is 33.0 Å². The summed E-state index contributed by atoms with van der Waals surface area (Å²) in [6.07, 6.45) is -11.0. The molecule has 1 saturated heterocycles.